The molecule has 1 aromatic carbocycles. The molecule has 124 valence electrons. The molecule has 0 aromatic heterocycles. The van der Waals surface area contributed by atoms with E-state index in [4.69, 9.17) is 4.74 Å². The Bertz CT molecular complexity index is 567. The van der Waals surface area contributed by atoms with Crippen LogP contribution in [0.4, 0.5) is 5.69 Å². The number of nitrogens with zero attached hydrogens (tertiary/aromatic N) is 2. The van der Waals surface area contributed by atoms with Gasteiger partial charge >= 0.3 is 0 Å². The first kappa shape index (κ1) is 16.0. The highest BCUT2D eigenvalue weighted by Crippen LogP contribution is 2.17. The van der Waals surface area contributed by atoms with Crippen molar-refractivity contribution in [1.29, 1.82) is 0 Å². The molecule has 2 aliphatic rings. The molecule has 0 aliphatic carbocycles. The average molecular weight is 316 g/mol. The second kappa shape index (κ2) is 8.08. The molecule has 6 nitrogen and oxygen atoms in total. The van der Waals surface area contributed by atoms with Crippen LogP contribution < -0.4 is 10.6 Å². The van der Waals surface area contributed by atoms with E-state index in [2.05, 4.69) is 20.5 Å². The van der Waals surface area contributed by atoms with Gasteiger partial charge in [-0.3, -0.25) is 14.7 Å². The zero-order valence-electron chi connectivity index (χ0n) is 13.4. The van der Waals surface area contributed by atoms with E-state index < -0.39 is 0 Å². The molecule has 1 saturated heterocycles. The van der Waals surface area contributed by atoms with Gasteiger partial charge in [-0.2, -0.15) is 0 Å². The number of hydrogen-bond donors (Lipinski definition) is 2. The minimum atomic E-state index is 0.0420. The second-order valence-corrected chi connectivity index (χ2v) is 5.81. The van der Waals surface area contributed by atoms with Gasteiger partial charge in [0.15, 0.2) is 0 Å². The van der Waals surface area contributed by atoms with Crippen molar-refractivity contribution in [2.45, 2.75) is 12.8 Å². The number of amidine groups is 1. The molecule has 2 heterocycles. The molecule has 23 heavy (non-hydrogen) atoms. The topological polar surface area (TPSA) is 66.0 Å². The highest BCUT2D eigenvalue weighted by Gasteiger charge is 2.15. The van der Waals surface area contributed by atoms with Crippen LogP contribution in [-0.4, -0.2) is 62.6 Å². The van der Waals surface area contributed by atoms with Gasteiger partial charge in [-0.15, -0.1) is 0 Å². The third-order valence-electron chi connectivity index (χ3n) is 4.11. The van der Waals surface area contributed by atoms with Crippen molar-refractivity contribution >= 4 is 17.4 Å². The van der Waals surface area contributed by atoms with E-state index >= 15 is 0 Å². The molecule has 0 unspecified atom stereocenters. The summed E-state index contributed by atoms with van der Waals surface area (Å²) in [6, 6.07) is 7.83. The van der Waals surface area contributed by atoms with Gasteiger partial charge < -0.3 is 15.4 Å². The molecule has 1 aromatic rings. The third-order valence-corrected chi connectivity index (χ3v) is 4.11. The van der Waals surface area contributed by atoms with Gasteiger partial charge in [-0.25, -0.2) is 0 Å². The van der Waals surface area contributed by atoms with Crippen LogP contribution in [0.5, 0.6) is 0 Å². The lowest BCUT2D eigenvalue weighted by Crippen LogP contribution is -2.38. The molecule has 0 saturated carbocycles. The van der Waals surface area contributed by atoms with Crippen molar-refractivity contribution in [3.8, 4) is 0 Å². The molecular formula is C17H24N4O2. The summed E-state index contributed by atoms with van der Waals surface area (Å²) in [5.41, 5.74) is 1.79. The van der Waals surface area contributed by atoms with Gasteiger partial charge in [-0.05, 0) is 18.6 Å². The predicted molar refractivity (Wildman–Crippen MR) is 91.0 cm³/mol. The number of para-hydroxylation sites is 1. The van der Waals surface area contributed by atoms with Crippen molar-refractivity contribution in [2.75, 3.05) is 51.3 Å². The number of morpholine rings is 1. The standard InChI is InChI=1S/C17H24N4O2/c22-16(6-9-21-10-12-23-13-11-21)20-15-5-2-1-4-14(15)17-18-7-3-8-19-17/h1-2,4-5H,3,6-13H2,(H,18,19)(H,20,22). The van der Waals surface area contributed by atoms with Crippen molar-refractivity contribution < 1.29 is 9.53 Å². The van der Waals surface area contributed by atoms with Gasteiger partial charge in [0, 0.05) is 44.7 Å². The molecule has 3 rings (SSSR count). The lowest BCUT2D eigenvalue weighted by Gasteiger charge is -2.26. The predicted octanol–water partition coefficient (Wildman–Crippen LogP) is 1.09. The Hall–Kier alpha value is -1.92. The zero-order chi connectivity index (χ0) is 15.9. The summed E-state index contributed by atoms with van der Waals surface area (Å²) < 4.78 is 5.32. The Morgan fingerprint density at radius 2 is 2.13 bits per heavy atom. The second-order valence-electron chi connectivity index (χ2n) is 5.81. The molecule has 2 aliphatic heterocycles. The molecule has 0 bridgehead atoms. The summed E-state index contributed by atoms with van der Waals surface area (Å²) >= 11 is 0. The number of nitrogens with one attached hydrogen (secondary N) is 2. The van der Waals surface area contributed by atoms with Crippen LogP contribution in [0, 0.1) is 0 Å². The van der Waals surface area contributed by atoms with Gasteiger partial charge in [0.2, 0.25) is 5.91 Å². The number of ether oxygens (including phenoxy) is 1. The average Bonchev–Trinajstić information content (AvgIpc) is 2.62. The van der Waals surface area contributed by atoms with Crippen LogP contribution in [0.1, 0.15) is 18.4 Å². The smallest absolute Gasteiger partial charge is 0.225 e. The fourth-order valence-corrected chi connectivity index (χ4v) is 2.81. The largest absolute Gasteiger partial charge is 0.379 e. The fourth-order valence-electron chi connectivity index (χ4n) is 2.81. The Kier molecular flexibility index (Phi) is 5.60. The van der Waals surface area contributed by atoms with Crippen molar-refractivity contribution in [1.82, 2.24) is 10.2 Å². The van der Waals surface area contributed by atoms with Gasteiger partial charge in [-0.1, -0.05) is 12.1 Å². The third kappa shape index (κ3) is 4.53. The number of rotatable bonds is 5. The van der Waals surface area contributed by atoms with E-state index in [1.54, 1.807) is 0 Å². The molecule has 1 fully saturated rings. The minimum Gasteiger partial charge on any atom is -0.379 e. The summed E-state index contributed by atoms with van der Waals surface area (Å²) in [4.78, 5) is 19.0. The highest BCUT2D eigenvalue weighted by molar-refractivity contribution is 6.06. The van der Waals surface area contributed by atoms with Crippen molar-refractivity contribution in [3.05, 3.63) is 29.8 Å². The lowest BCUT2D eigenvalue weighted by atomic mass is 10.1. The van der Waals surface area contributed by atoms with E-state index in [-0.39, 0.29) is 5.91 Å². The number of carbonyl (C=O) groups excluding carboxylic acids is 1. The Labute approximate surface area is 136 Å². The maximum Gasteiger partial charge on any atom is 0.225 e. The van der Waals surface area contributed by atoms with E-state index in [1.165, 1.54) is 0 Å². The number of hydrogen-bond acceptors (Lipinski definition) is 5. The van der Waals surface area contributed by atoms with Crippen molar-refractivity contribution in [3.63, 3.8) is 0 Å². The monoisotopic (exact) mass is 316 g/mol. The molecule has 1 amide bonds. The van der Waals surface area contributed by atoms with E-state index in [0.29, 0.717) is 6.42 Å². The summed E-state index contributed by atoms with van der Waals surface area (Å²) in [6.45, 7) is 5.87. The van der Waals surface area contributed by atoms with Crippen LogP contribution in [0.15, 0.2) is 29.3 Å². The number of aliphatic imine (C=N–C) groups is 1. The first-order valence-corrected chi connectivity index (χ1v) is 8.30. The fraction of sp³-hybridized carbons (Fsp3) is 0.529. The van der Waals surface area contributed by atoms with Gasteiger partial charge in [0.1, 0.15) is 5.84 Å². The van der Waals surface area contributed by atoms with E-state index in [0.717, 1.165) is 69.4 Å². The molecular weight excluding hydrogens is 292 g/mol. The summed E-state index contributed by atoms with van der Waals surface area (Å²) in [7, 11) is 0. The quantitative estimate of drug-likeness (QED) is 0.853. The maximum atomic E-state index is 12.3. The summed E-state index contributed by atoms with van der Waals surface area (Å²) in [6.07, 6.45) is 1.55. The van der Waals surface area contributed by atoms with E-state index in [9.17, 15) is 4.79 Å². The highest BCUT2D eigenvalue weighted by atomic mass is 16.5. The van der Waals surface area contributed by atoms with Crippen LogP contribution in [-0.2, 0) is 9.53 Å². The Balaban J connectivity index is 1.58. The molecule has 2 N–H and O–H groups in total. The lowest BCUT2D eigenvalue weighted by molar-refractivity contribution is -0.116. The first-order chi connectivity index (χ1) is 11.3. The normalized spacial score (nSPS) is 18.9. The van der Waals surface area contributed by atoms with E-state index in [1.807, 2.05) is 24.3 Å². The number of carbonyl (C=O) groups is 1. The Morgan fingerprint density at radius 1 is 1.30 bits per heavy atom. The SMILES string of the molecule is O=C(CCN1CCOCC1)Nc1ccccc1C1=NCCCN1. The number of anilines is 1. The number of amides is 1. The van der Waals surface area contributed by atoms with Gasteiger partial charge in [0.05, 0.1) is 18.9 Å². The Morgan fingerprint density at radius 3 is 2.91 bits per heavy atom. The number of benzene rings is 1. The molecule has 0 radical (unpaired) electrons. The summed E-state index contributed by atoms with van der Waals surface area (Å²) in [5, 5.41) is 6.34. The first-order valence-electron chi connectivity index (χ1n) is 8.30. The van der Waals surface area contributed by atoms with Crippen molar-refractivity contribution in [2.24, 2.45) is 4.99 Å². The maximum absolute atomic E-state index is 12.3. The summed E-state index contributed by atoms with van der Waals surface area (Å²) in [5.74, 6) is 0.917. The molecule has 0 atom stereocenters. The van der Waals surface area contributed by atoms with Crippen LogP contribution in [0.2, 0.25) is 0 Å². The van der Waals surface area contributed by atoms with Crippen LogP contribution in [0.25, 0.3) is 0 Å². The zero-order valence-corrected chi connectivity index (χ0v) is 13.4. The molecule has 0 spiro atoms. The van der Waals surface area contributed by atoms with Crippen LogP contribution >= 0.6 is 0 Å². The molecule has 6 heteroatoms. The van der Waals surface area contributed by atoms with Crippen LogP contribution in [0.3, 0.4) is 0 Å². The minimum absolute atomic E-state index is 0.0420. The van der Waals surface area contributed by atoms with Gasteiger partial charge in [0.25, 0.3) is 0 Å².